The first-order valence-corrected chi connectivity index (χ1v) is 24.8. The van der Waals surface area contributed by atoms with Crippen molar-refractivity contribution in [3.05, 3.63) is 117 Å². The molecule has 1 N–H and O–H groups in total. The summed E-state index contributed by atoms with van der Waals surface area (Å²) in [4.78, 5) is 46.6. The molecule has 1 aliphatic heterocycles. The maximum atomic E-state index is 13.0. The summed E-state index contributed by atoms with van der Waals surface area (Å²) in [6.07, 6.45) is 14.6. The van der Waals surface area contributed by atoms with Gasteiger partial charge in [-0.15, -0.1) is 0 Å². The number of Topliss-reactive ketones (excluding diaryl/α,β-unsaturated/α-hetero) is 2. The Balaban J connectivity index is 0.000000202. The second-order valence-electron chi connectivity index (χ2n) is 19.4. The lowest BCUT2D eigenvalue weighted by atomic mass is 9.70. The van der Waals surface area contributed by atoms with Crippen LogP contribution in [0.4, 0.5) is 0 Å². The van der Waals surface area contributed by atoms with Crippen LogP contribution in [-0.2, 0) is 20.4 Å². The van der Waals surface area contributed by atoms with Crippen LogP contribution >= 0.6 is 32.1 Å². The number of benzene rings is 4. The summed E-state index contributed by atoms with van der Waals surface area (Å²) in [5, 5.41) is 10.2. The third-order valence-electron chi connectivity index (χ3n) is 13.2. The number of rotatable bonds is 15. The average molecular weight is 984 g/mol. The SMILES string of the molecule is CCCCC1(CCCC)c2cc(Br)ccc2-c2ccc(C(=O)C(C)(C)C)cc21.CCCCC1(CCCC)c2ccccc2-c2ccc(C(=O)C(C)(C)O)cc21.O=C1CCC(=O)N1Br. The number of carbonyl (C=O) groups excluding carboxylic acids is 4. The monoisotopic (exact) mass is 981 g/mol. The molecule has 4 aromatic carbocycles. The zero-order valence-corrected chi connectivity index (χ0v) is 42.4. The number of aliphatic hydroxyl groups is 1. The smallest absolute Gasteiger partial charge is 0.239 e. The minimum Gasteiger partial charge on any atom is -0.382 e. The van der Waals surface area contributed by atoms with E-state index in [0.29, 0.717) is 18.4 Å². The molecule has 3 aliphatic rings. The molecule has 0 saturated carbocycles. The third-order valence-corrected chi connectivity index (χ3v) is 14.5. The number of imide groups is 1. The fraction of sp³-hybridized carbons (Fsp3) is 0.491. The van der Waals surface area contributed by atoms with Crippen molar-refractivity contribution in [3.63, 3.8) is 0 Å². The van der Waals surface area contributed by atoms with Gasteiger partial charge in [0.1, 0.15) is 5.60 Å². The number of nitrogens with zero attached hydrogens (tertiary/aromatic N) is 1. The van der Waals surface area contributed by atoms with Gasteiger partial charge in [0.2, 0.25) is 11.8 Å². The van der Waals surface area contributed by atoms with Crippen LogP contribution in [0.3, 0.4) is 0 Å². The van der Waals surface area contributed by atoms with E-state index in [1.165, 1.54) is 83.0 Å². The molecule has 1 saturated heterocycles. The number of fused-ring (bicyclic) bond motifs is 6. The van der Waals surface area contributed by atoms with Crippen molar-refractivity contribution in [1.29, 1.82) is 0 Å². The van der Waals surface area contributed by atoms with Crippen molar-refractivity contribution in [1.82, 2.24) is 3.93 Å². The highest BCUT2D eigenvalue weighted by Gasteiger charge is 2.44. The van der Waals surface area contributed by atoms with E-state index in [1.807, 2.05) is 32.9 Å². The lowest BCUT2D eigenvalue weighted by molar-refractivity contribution is -0.131. The molecule has 6 nitrogen and oxygen atoms in total. The van der Waals surface area contributed by atoms with E-state index in [4.69, 9.17) is 0 Å². The Morgan fingerprint density at radius 2 is 0.952 bits per heavy atom. The number of hydrogen-bond acceptors (Lipinski definition) is 5. The van der Waals surface area contributed by atoms with Crippen molar-refractivity contribution >= 4 is 55.5 Å². The molecule has 1 fully saturated rings. The highest BCUT2D eigenvalue weighted by atomic mass is 79.9. The van der Waals surface area contributed by atoms with Crippen LogP contribution in [-0.4, -0.2) is 38.0 Å². The number of carbonyl (C=O) groups is 4. The number of hydrogen-bond donors (Lipinski definition) is 1. The van der Waals surface area contributed by atoms with Crippen LogP contribution in [0.5, 0.6) is 0 Å². The van der Waals surface area contributed by atoms with Gasteiger partial charge < -0.3 is 5.11 Å². The first-order chi connectivity index (χ1) is 29.8. The molecule has 0 bridgehead atoms. The van der Waals surface area contributed by atoms with E-state index in [1.54, 1.807) is 13.8 Å². The van der Waals surface area contributed by atoms with E-state index < -0.39 is 5.60 Å². The minimum absolute atomic E-state index is 0.0200. The predicted octanol–water partition coefficient (Wildman–Crippen LogP) is 15.1. The summed E-state index contributed by atoms with van der Waals surface area (Å²) in [7, 11) is 0. The molecular weight excluding hydrogens is 914 g/mol. The van der Waals surface area contributed by atoms with Gasteiger partial charge in [0.25, 0.3) is 0 Å². The van der Waals surface area contributed by atoms with Crippen LogP contribution in [0.1, 0.15) is 195 Å². The predicted molar refractivity (Wildman–Crippen MR) is 266 cm³/mol. The molecule has 7 rings (SSSR count). The van der Waals surface area contributed by atoms with Gasteiger partial charge >= 0.3 is 0 Å². The topological polar surface area (TPSA) is 91.7 Å². The summed E-state index contributed by atoms with van der Waals surface area (Å²) in [6, 6.07) is 28.0. The first kappa shape index (κ1) is 50.3. The highest BCUT2D eigenvalue weighted by molar-refractivity contribution is 9.10. The van der Waals surface area contributed by atoms with Gasteiger partial charge in [-0.2, -0.15) is 0 Å². The maximum absolute atomic E-state index is 13.0. The zero-order chi connectivity index (χ0) is 46.3. The summed E-state index contributed by atoms with van der Waals surface area (Å²) in [6.45, 7) is 18.2. The van der Waals surface area contributed by atoms with Crippen LogP contribution in [0, 0.1) is 5.41 Å². The van der Waals surface area contributed by atoms with Crippen molar-refractivity contribution < 1.29 is 24.3 Å². The Morgan fingerprint density at radius 1 is 0.571 bits per heavy atom. The molecule has 0 unspecified atom stereocenters. The Kier molecular flexibility index (Phi) is 16.8. The van der Waals surface area contributed by atoms with Crippen LogP contribution < -0.4 is 0 Å². The molecule has 0 atom stereocenters. The van der Waals surface area contributed by atoms with Gasteiger partial charge in [-0.3, -0.25) is 19.2 Å². The number of halogens is 2. The molecule has 2 amide bonds. The van der Waals surface area contributed by atoms with Crippen LogP contribution in [0.15, 0.2) is 83.3 Å². The van der Waals surface area contributed by atoms with E-state index >= 15 is 0 Å². The van der Waals surface area contributed by atoms with E-state index in [9.17, 15) is 24.3 Å². The number of ketones is 2. The van der Waals surface area contributed by atoms with Crippen LogP contribution in [0.2, 0.25) is 0 Å². The summed E-state index contributed by atoms with van der Waals surface area (Å²) in [5.41, 5.74) is 10.5. The maximum Gasteiger partial charge on any atom is 0.239 e. The quantitative estimate of drug-likeness (QED) is 0.0728. The molecular formula is C55H69Br2NO5. The number of amides is 2. The molecule has 8 heteroatoms. The molecule has 338 valence electrons. The molecule has 0 spiro atoms. The fourth-order valence-electron chi connectivity index (χ4n) is 9.78. The van der Waals surface area contributed by atoms with E-state index in [-0.39, 0.29) is 39.6 Å². The Hall–Kier alpha value is -3.72. The second kappa shape index (κ2) is 21.1. The second-order valence-corrected chi connectivity index (χ2v) is 21.0. The minimum atomic E-state index is -1.35. The summed E-state index contributed by atoms with van der Waals surface area (Å²) >= 11 is 6.51. The first-order valence-electron chi connectivity index (χ1n) is 23.3. The van der Waals surface area contributed by atoms with Gasteiger partial charge in [0.05, 0.1) is 16.1 Å². The van der Waals surface area contributed by atoms with Crippen molar-refractivity contribution in [2.45, 2.75) is 169 Å². The molecule has 2 aliphatic carbocycles. The van der Waals surface area contributed by atoms with Gasteiger partial charge in [-0.25, -0.2) is 3.93 Å². The fourth-order valence-corrected chi connectivity index (χ4v) is 10.5. The summed E-state index contributed by atoms with van der Waals surface area (Å²) in [5.74, 6) is -0.265. The largest absolute Gasteiger partial charge is 0.382 e. The van der Waals surface area contributed by atoms with Crippen molar-refractivity contribution in [2.75, 3.05) is 0 Å². The van der Waals surface area contributed by atoms with Gasteiger partial charge in [-0.1, -0.05) is 170 Å². The van der Waals surface area contributed by atoms with Gasteiger partial charge in [0.15, 0.2) is 11.6 Å². The Bertz CT molecular complexity index is 2260. The molecule has 63 heavy (non-hydrogen) atoms. The molecule has 4 aromatic rings. The zero-order valence-electron chi connectivity index (χ0n) is 39.2. The summed E-state index contributed by atoms with van der Waals surface area (Å²) < 4.78 is 2.12. The van der Waals surface area contributed by atoms with Crippen molar-refractivity contribution in [3.8, 4) is 22.3 Å². The lowest BCUT2D eigenvalue weighted by Gasteiger charge is -2.33. The highest BCUT2D eigenvalue weighted by Crippen LogP contribution is 2.56. The molecule has 0 aromatic heterocycles. The Labute approximate surface area is 394 Å². The van der Waals surface area contributed by atoms with Gasteiger partial charge in [-0.05, 0) is 108 Å². The average Bonchev–Trinajstić information content (AvgIpc) is 3.82. The van der Waals surface area contributed by atoms with Crippen LogP contribution in [0.25, 0.3) is 22.3 Å². The van der Waals surface area contributed by atoms with Crippen molar-refractivity contribution in [2.24, 2.45) is 5.41 Å². The Morgan fingerprint density at radius 3 is 1.35 bits per heavy atom. The molecule has 0 radical (unpaired) electrons. The number of unbranched alkanes of at least 4 members (excludes halogenated alkanes) is 4. The lowest BCUT2D eigenvalue weighted by Crippen LogP contribution is -2.31. The van der Waals surface area contributed by atoms with Gasteiger partial charge in [0, 0.05) is 44.7 Å². The third kappa shape index (κ3) is 10.7. The molecule has 1 heterocycles. The normalized spacial score (nSPS) is 15.4. The standard InChI is InChI=1S/C26H33BrO.C25H32O2.C4H4BrNO2/c1-6-8-14-26(15-9-7-2)22-16-18(24(28)25(3,4)5)10-12-20(22)21-13-11-19(27)17-23(21)26;1-5-7-15-25(16-8-6-2)21-12-10-9-11-19(21)20-14-13-18(17-22(20)25)23(26)24(3,4)27;5-6-3(7)1-2-4(6)8/h10-13,16-17H,6-9,14-15H2,1-5H3;9-14,17,27H,5-8,15-16H2,1-4H3;1-2H2. The van der Waals surface area contributed by atoms with E-state index in [2.05, 4.69) is 127 Å². The van der Waals surface area contributed by atoms with E-state index in [0.717, 1.165) is 52.5 Å².